The van der Waals surface area contributed by atoms with Crippen molar-refractivity contribution in [3.05, 3.63) is 58.7 Å². The topological polar surface area (TPSA) is 64.5 Å². The Kier molecular flexibility index (Phi) is 3.48. The molecule has 2 aromatic heterocycles. The monoisotopic (exact) mass is 280 g/mol. The predicted molar refractivity (Wildman–Crippen MR) is 80.4 cm³/mol. The van der Waals surface area contributed by atoms with E-state index >= 15 is 0 Å². The van der Waals surface area contributed by atoms with Crippen LogP contribution in [0, 0.1) is 11.3 Å². The first-order valence-electron chi connectivity index (χ1n) is 6.15. The van der Waals surface area contributed by atoms with E-state index in [9.17, 15) is 0 Å². The third-order valence-electron chi connectivity index (χ3n) is 2.94. The molecule has 2 heterocycles. The largest absolute Gasteiger partial charge is 0.380 e. The van der Waals surface area contributed by atoms with E-state index in [4.69, 9.17) is 5.26 Å². The Hall–Kier alpha value is -2.58. The van der Waals surface area contributed by atoms with Gasteiger partial charge in [-0.2, -0.15) is 5.26 Å². The van der Waals surface area contributed by atoms with Gasteiger partial charge in [-0.05, 0) is 23.8 Å². The number of nitrogens with one attached hydrogen (secondary N) is 2. The van der Waals surface area contributed by atoms with Gasteiger partial charge >= 0.3 is 0 Å². The van der Waals surface area contributed by atoms with Gasteiger partial charge in [0.15, 0.2) is 0 Å². The Labute approximate surface area is 120 Å². The second-order valence-corrected chi connectivity index (χ2v) is 5.31. The molecule has 98 valence electrons. The average Bonchev–Trinajstić information content (AvgIpc) is 3.17. The van der Waals surface area contributed by atoms with Crippen LogP contribution < -0.4 is 5.32 Å². The number of rotatable bonds is 4. The van der Waals surface area contributed by atoms with E-state index in [1.165, 1.54) is 0 Å². The molecular formula is C15H12N4S. The first-order valence-corrected chi connectivity index (χ1v) is 7.03. The van der Waals surface area contributed by atoms with Crippen LogP contribution in [-0.2, 0) is 6.54 Å². The summed E-state index contributed by atoms with van der Waals surface area (Å²) < 4.78 is 0. The summed E-state index contributed by atoms with van der Waals surface area (Å²) in [6.07, 6.45) is 3.47. The molecule has 20 heavy (non-hydrogen) atoms. The normalized spacial score (nSPS) is 10.2. The van der Waals surface area contributed by atoms with Gasteiger partial charge in [0.2, 0.25) is 0 Å². The van der Waals surface area contributed by atoms with Crippen molar-refractivity contribution in [3.63, 3.8) is 0 Å². The number of anilines is 1. The molecule has 0 radical (unpaired) electrons. The molecule has 3 rings (SSSR count). The maximum Gasteiger partial charge on any atom is 0.100 e. The maximum atomic E-state index is 8.79. The molecule has 0 aliphatic rings. The highest BCUT2D eigenvalue weighted by molar-refractivity contribution is 7.10. The molecule has 0 amide bonds. The average molecular weight is 280 g/mol. The smallest absolute Gasteiger partial charge is 0.100 e. The first kappa shape index (κ1) is 12.5. The number of hydrogen-bond donors (Lipinski definition) is 2. The van der Waals surface area contributed by atoms with Gasteiger partial charge in [-0.25, -0.2) is 4.98 Å². The van der Waals surface area contributed by atoms with Crippen LogP contribution >= 0.6 is 11.3 Å². The summed E-state index contributed by atoms with van der Waals surface area (Å²) >= 11 is 1.60. The fourth-order valence-corrected chi connectivity index (χ4v) is 2.65. The lowest BCUT2D eigenvalue weighted by Crippen LogP contribution is -1.96. The molecule has 0 saturated carbocycles. The number of hydrogen-bond acceptors (Lipinski definition) is 4. The van der Waals surface area contributed by atoms with Gasteiger partial charge in [-0.1, -0.05) is 12.1 Å². The summed E-state index contributed by atoms with van der Waals surface area (Å²) in [5.74, 6) is 0. The molecule has 0 spiro atoms. The molecule has 0 aliphatic carbocycles. The second-order valence-electron chi connectivity index (χ2n) is 4.31. The fraction of sp³-hybridized carbons (Fsp3) is 0.0667. The van der Waals surface area contributed by atoms with Crippen LogP contribution in [0.4, 0.5) is 5.69 Å². The van der Waals surface area contributed by atoms with Crippen molar-refractivity contribution in [2.45, 2.75) is 6.54 Å². The van der Waals surface area contributed by atoms with Crippen molar-refractivity contribution < 1.29 is 0 Å². The van der Waals surface area contributed by atoms with Crippen LogP contribution in [0.5, 0.6) is 0 Å². The quantitative estimate of drug-likeness (QED) is 0.767. The van der Waals surface area contributed by atoms with E-state index < -0.39 is 0 Å². The summed E-state index contributed by atoms with van der Waals surface area (Å²) in [5.41, 5.74) is 3.89. The number of nitriles is 1. The van der Waals surface area contributed by atoms with Crippen molar-refractivity contribution in [1.29, 1.82) is 5.26 Å². The van der Waals surface area contributed by atoms with Crippen molar-refractivity contribution >= 4 is 17.0 Å². The number of aromatic nitrogens is 2. The molecule has 0 fully saturated rings. The van der Waals surface area contributed by atoms with Gasteiger partial charge in [-0.3, -0.25) is 0 Å². The van der Waals surface area contributed by atoms with E-state index in [0.29, 0.717) is 0 Å². The van der Waals surface area contributed by atoms with E-state index in [2.05, 4.69) is 21.4 Å². The van der Waals surface area contributed by atoms with Crippen molar-refractivity contribution in [3.8, 4) is 17.3 Å². The second kappa shape index (κ2) is 5.59. The summed E-state index contributed by atoms with van der Waals surface area (Å²) in [6.45, 7) is 0.732. The number of aromatic amines is 1. The minimum atomic E-state index is 0.724. The molecule has 0 aliphatic heterocycles. The summed E-state index contributed by atoms with van der Waals surface area (Å²) in [6, 6.07) is 12.2. The Bertz CT molecular complexity index is 720. The molecule has 0 unspecified atom stereocenters. The highest BCUT2D eigenvalue weighted by Crippen LogP contribution is 2.20. The van der Waals surface area contributed by atoms with E-state index in [0.717, 1.165) is 33.9 Å². The zero-order valence-electron chi connectivity index (χ0n) is 10.6. The van der Waals surface area contributed by atoms with Crippen LogP contribution in [0.15, 0.2) is 48.2 Å². The summed E-state index contributed by atoms with van der Waals surface area (Å²) in [7, 11) is 0. The molecule has 0 bridgehead atoms. The molecule has 3 aromatic rings. The molecule has 5 heteroatoms. The maximum absolute atomic E-state index is 8.79. The van der Waals surface area contributed by atoms with Gasteiger partial charge in [0.05, 0.1) is 23.8 Å². The molecule has 4 nitrogen and oxygen atoms in total. The van der Waals surface area contributed by atoms with Crippen molar-refractivity contribution in [2.24, 2.45) is 0 Å². The summed E-state index contributed by atoms with van der Waals surface area (Å²) in [5, 5.41) is 14.0. The number of nitrogens with zero attached hydrogens (tertiary/aromatic N) is 2. The number of benzene rings is 1. The van der Waals surface area contributed by atoms with Gasteiger partial charge < -0.3 is 10.3 Å². The molecular weight excluding hydrogens is 268 g/mol. The Morgan fingerprint density at radius 3 is 2.80 bits per heavy atom. The first-order chi connectivity index (χ1) is 9.85. The highest BCUT2D eigenvalue weighted by atomic mass is 32.1. The van der Waals surface area contributed by atoms with Gasteiger partial charge in [0.1, 0.15) is 6.07 Å². The zero-order chi connectivity index (χ0) is 13.8. The van der Waals surface area contributed by atoms with Gasteiger partial charge in [0, 0.05) is 22.5 Å². The number of imidazole rings is 1. The molecule has 1 aromatic carbocycles. The fourth-order valence-electron chi connectivity index (χ4n) is 1.90. The Morgan fingerprint density at radius 1 is 1.30 bits per heavy atom. The van der Waals surface area contributed by atoms with Gasteiger partial charge in [0.25, 0.3) is 0 Å². The molecule has 2 N–H and O–H groups in total. The lowest BCUT2D eigenvalue weighted by atomic mass is 10.1. The predicted octanol–water partition coefficient (Wildman–Crippen LogP) is 3.62. The van der Waals surface area contributed by atoms with Crippen LogP contribution in [0.2, 0.25) is 0 Å². The standard InChI is InChI=1S/C15H12N4S/c16-6-11-5-14(20-9-11)7-18-13-3-1-12(2-4-13)15-8-17-10-19-15/h1-5,8-10,18H,7H2,(H,17,19). The lowest BCUT2D eigenvalue weighted by Gasteiger charge is -2.05. The summed E-state index contributed by atoms with van der Waals surface area (Å²) in [4.78, 5) is 8.24. The Morgan fingerprint density at radius 2 is 2.15 bits per heavy atom. The van der Waals surface area contributed by atoms with Crippen LogP contribution in [0.25, 0.3) is 11.3 Å². The van der Waals surface area contributed by atoms with Crippen molar-refractivity contribution in [2.75, 3.05) is 5.32 Å². The van der Waals surface area contributed by atoms with E-state index in [1.807, 2.05) is 35.7 Å². The lowest BCUT2D eigenvalue weighted by molar-refractivity contribution is 1.19. The molecule has 0 atom stereocenters. The minimum absolute atomic E-state index is 0.724. The number of thiophene rings is 1. The van der Waals surface area contributed by atoms with Gasteiger partial charge in [-0.15, -0.1) is 11.3 Å². The van der Waals surface area contributed by atoms with Crippen LogP contribution in [0.3, 0.4) is 0 Å². The van der Waals surface area contributed by atoms with Crippen LogP contribution in [0.1, 0.15) is 10.4 Å². The SMILES string of the molecule is N#Cc1csc(CNc2ccc(-c3cnc[nH]3)cc2)c1. The number of H-pyrrole nitrogens is 1. The Balaban J connectivity index is 1.65. The molecule has 0 saturated heterocycles. The highest BCUT2D eigenvalue weighted by Gasteiger charge is 2.01. The zero-order valence-corrected chi connectivity index (χ0v) is 11.4. The minimum Gasteiger partial charge on any atom is -0.380 e. The van der Waals surface area contributed by atoms with E-state index in [1.54, 1.807) is 23.9 Å². The van der Waals surface area contributed by atoms with E-state index in [-0.39, 0.29) is 0 Å². The third-order valence-corrected chi connectivity index (χ3v) is 3.88. The van der Waals surface area contributed by atoms with Crippen molar-refractivity contribution in [1.82, 2.24) is 9.97 Å². The van der Waals surface area contributed by atoms with Crippen LogP contribution in [-0.4, -0.2) is 9.97 Å². The third kappa shape index (κ3) is 2.71.